The van der Waals surface area contributed by atoms with E-state index in [0.29, 0.717) is 11.6 Å². The number of imidazole rings is 1. The van der Waals surface area contributed by atoms with Gasteiger partial charge in [0.1, 0.15) is 5.82 Å². The van der Waals surface area contributed by atoms with Gasteiger partial charge in [-0.25, -0.2) is 14.6 Å². The number of fused-ring (bicyclic) bond motifs is 1. The van der Waals surface area contributed by atoms with E-state index in [2.05, 4.69) is 51.3 Å². The van der Waals surface area contributed by atoms with Gasteiger partial charge in [-0.15, -0.1) is 5.10 Å². The molecular weight excluding hydrogens is 488 g/mol. The van der Waals surface area contributed by atoms with Crippen molar-refractivity contribution in [2.24, 2.45) is 13.0 Å². The molecule has 8 heteroatoms. The Morgan fingerprint density at radius 1 is 1.00 bits per heavy atom. The van der Waals surface area contributed by atoms with E-state index < -0.39 is 5.60 Å². The summed E-state index contributed by atoms with van der Waals surface area (Å²) in [5, 5.41) is 19.0. The summed E-state index contributed by atoms with van der Waals surface area (Å²) in [6.45, 7) is 7.07. The number of hydrogen-bond acceptors (Lipinski definition) is 6. The van der Waals surface area contributed by atoms with Crippen molar-refractivity contribution in [3.63, 3.8) is 0 Å². The van der Waals surface area contributed by atoms with E-state index in [0.717, 1.165) is 65.5 Å². The number of hydrogen-bond donors (Lipinski definition) is 1. The predicted molar refractivity (Wildman–Crippen MR) is 151 cm³/mol. The lowest BCUT2D eigenvalue weighted by molar-refractivity contribution is 0.0549. The van der Waals surface area contributed by atoms with E-state index in [-0.39, 0.29) is 6.04 Å². The number of nitrogens with zero attached hydrogens (tertiary/aromatic N) is 6. The fraction of sp³-hybridized carbons (Fsp3) is 0.355. The van der Waals surface area contributed by atoms with Crippen molar-refractivity contribution >= 4 is 11.2 Å². The van der Waals surface area contributed by atoms with Gasteiger partial charge in [-0.2, -0.15) is 0 Å². The molecule has 2 aromatic carbocycles. The zero-order valence-corrected chi connectivity index (χ0v) is 22.9. The van der Waals surface area contributed by atoms with Gasteiger partial charge >= 0.3 is 0 Å². The fourth-order valence-electron chi connectivity index (χ4n) is 5.79. The number of aliphatic hydroxyl groups is 1. The molecule has 0 radical (unpaired) electrons. The van der Waals surface area contributed by atoms with Crippen LogP contribution in [0.4, 0.5) is 0 Å². The maximum absolute atomic E-state index is 10.5. The minimum atomic E-state index is -0.918. The van der Waals surface area contributed by atoms with Gasteiger partial charge in [-0.05, 0) is 56.7 Å². The molecule has 6 rings (SSSR count). The normalized spacial score (nSPS) is 15.6. The van der Waals surface area contributed by atoms with Crippen LogP contribution in [0.15, 0.2) is 66.9 Å². The fourth-order valence-corrected chi connectivity index (χ4v) is 5.79. The second kappa shape index (κ2) is 10.0. The molecule has 3 aromatic heterocycles. The molecule has 200 valence electrons. The van der Waals surface area contributed by atoms with Crippen molar-refractivity contribution in [1.82, 2.24) is 29.5 Å². The Bertz CT molecular complexity index is 1570. The molecule has 5 aromatic rings. The molecule has 0 bridgehead atoms. The van der Waals surface area contributed by atoms with E-state index in [1.54, 1.807) is 18.5 Å². The summed E-state index contributed by atoms with van der Waals surface area (Å²) in [7, 11) is 1.90. The Morgan fingerprint density at radius 3 is 2.36 bits per heavy atom. The Morgan fingerprint density at radius 2 is 1.72 bits per heavy atom. The summed E-state index contributed by atoms with van der Waals surface area (Å²) in [6, 6.07) is 21.0. The second-order valence-corrected chi connectivity index (χ2v) is 11.0. The van der Waals surface area contributed by atoms with Crippen LogP contribution < -0.4 is 0 Å². The topological polar surface area (TPSA) is 90.9 Å². The maximum atomic E-state index is 10.5. The Kier molecular flexibility index (Phi) is 6.53. The van der Waals surface area contributed by atoms with Gasteiger partial charge in [0.2, 0.25) is 0 Å². The molecule has 1 fully saturated rings. The second-order valence-electron chi connectivity index (χ2n) is 11.0. The third-order valence-corrected chi connectivity index (χ3v) is 7.80. The molecule has 0 aliphatic carbocycles. The SMILES string of the molecule is Cc1nnn(C)c1-c1cnc2nc(-c3ccc(C(C)(C)O)cc3)n(C(c3ccccc3)C3CCOCC3)c2c1. The number of pyridine rings is 1. The summed E-state index contributed by atoms with van der Waals surface area (Å²) >= 11 is 0. The minimum Gasteiger partial charge on any atom is -0.386 e. The first-order valence-electron chi connectivity index (χ1n) is 13.5. The third kappa shape index (κ3) is 4.75. The molecule has 0 saturated carbocycles. The van der Waals surface area contributed by atoms with Crippen molar-refractivity contribution in [3.05, 3.63) is 83.7 Å². The van der Waals surface area contributed by atoms with Crippen LogP contribution in [0.3, 0.4) is 0 Å². The first kappa shape index (κ1) is 25.4. The number of rotatable bonds is 6. The van der Waals surface area contributed by atoms with Gasteiger partial charge in [0, 0.05) is 37.6 Å². The van der Waals surface area contributed by atoms with Crippen LogP contribution >= 0.6 is 0 Å². The Balaban J connectivity index is 1.61. The van der Waals surface area contributed by atoms with Crippen LogP contribution in [0.1, 0.15) is 49.6 Å². The van der Waals surface area contributed by atoms with Gasteiger partial charge in [0.25, 0.3) is 0 Å². The third-order valence-electron chi connectivity index (χ3n) is 7.80. The highest BCUT2D eigenvalue weighted by molar-refractivity contribution is 5.82. The monoisotopic (exact) mass is 522 g/mol. The van der Waals surface area contributed by atoms with Crippen LogP contribution in [0.5, 0.6) is 0 Å². The molecule has 0 spiro atoms. The Labute approximate surface area is 228 Å². The van der Waals surface area contributed by atoms with Crippen LogP contribution in [0.2, 0.25) is 0 Å². The molecule has 1 atom stereocenters. The van der Waals surface area contributed by atoms with E-state index in [1.807, 2.05) is 44.4 Å². The van der Waals surface area contributed by atoms with E-state index in [4.69, 9.17) is 14.7 Å². The quantitative estimate of drug-likeness (QED) is 0.319. The standard InChI is InChI=1S/C31H34N6O2/c1-20-27(36(4)35-34-20)24-18-26-29(32-19-24)33-30(23-10-12-25(13-11-23)31(2,3)38)37(26)28(21-8-6-5-7-9-21)22-14-16-39-17-15-22/h5-13,18-19,22,28,38H,14-17H2,1-4H3. The molecule has 4 heterocycles. The summed E-state index contributed by atoms with van der Waals surface area (Å²) in [5.41, 5.74) is 6.58. The van der Waals surface area contributed by atoms with Crippen LogP contribution in [0.25, 0.3) is 33.8 Å². The highest BCUT2D eigenvalue weighted by Gasteiger charge is 2.31. The average molecular weight is 523 g/mol. The maximum Gasteiger partial charge on any atom is 0.178 e. The zero-order valence-electron chi connectivity index (χ0n) is 22.9. The van der Waals surface area contributed by atoms with Crippen molar-refractivity contribution in [2.45, 2.75) is 45.3 Å². The molecular formula is C31H34N6O2. The smallest absolute Gasteiger partial charge is 0.178 e. The molecule has 0 amide bonds. The van der Waals surface area contributed by atoms with Crippen LogP contribution in [-0.2, 0) is 17.4 Å². The first-order chi connectivity index (χ1) is 18.8. The largest absolute Gasteiger partial charge is 0.386 e. The number of aromatic nitrogens is 6. The van der Waals surface area contributed by atoms with Crippen molar-refractivity contribution < 1.29 is 9.84 Å². The van der Waals surface area contributed by atoms with E-state index in [9.17, 15) is 5.11 Å². The number of ether oxygens (including phenoxy) is 1. The number of aryl methyl sites for hydroxylation is 2. The molecule has 39 heavy (non-hydrogen) atoms. The molecule has 1 unspecified atom stereocenters. The van der Waals surface area contributed by atoms with Gasteiger partial charge < -0.3 is 14.4 Å². The van der Waals surface area contributed by atoms with Crippen molar-refractivity contribution in [3.8, 4) is 22.6 Å². The van der Waals surface area contributed by atoms with E-state index >= 15 is 0 Å². The highest BCUT2D eigenvalue weighted by atomic mass is 16.5. The summed E-state index contributed by atoms with van der Waals surface area (Å²) < 4.78 is 9.93. The summed E-state index contributed by atoms with van der Waals surface area (Å²) in [5.74, 6) is 1.23. The summed E-state index contributed by atoms with van der Waals surface area (Å²) in [6.07, 6.45) is 3.79. The zero-order chi connectivity index (χ0) is 27.1. The van der Waals surface area contributed by atoms with Crippen molar-refractivity contribution in [1.29, 1.82) is 0 Å². The average Bonchev–Trinajstić information content (AvgIpc) is 3.48. The Hall–Kier alpha value is -3.88. The lowest BCUT2D eigenvalue weighted by atomic mass is 9.86. The van der Waals surface area contributed by atoms with Gasteiger partial charge in [-0.1, -0.05) is 59.8 Å². The first-order valence-corrected chi connectivity index (χ1v) is 13.5. The molecule has 1 N–H and O–H groups in total. The van der Waals surface area contributed by atoms with Crippen molar-refractivity contribution in [2.75, 3.05) is 13.2 Å². The minimum absolute atomic E-state index is 0.0480. The highest BCUT2D eigenvalue weighted by Crippen LogP contribution is 2.40. The van der Waals surface area contributed by atoms with Gasteiger partial charge in [0.05, 0.1) is 28.5 Å². The van der Waals surface area contributed by atoms with Crippen LogP contribution in [0, 0.1) is 12.8 Å². The van der Waals surface area contributed by atoms with Gasteiger partial charge in [-0.3, -0.25) is 0 Å². The lowest BCUT2D eigenvalue weighted by Gasteiger charge is -2.33. The lowest BCUT2D eigenvalue weighted by Crippen LogP contribution is -2.27. The van der Waals surface area contributed by atoms with Gasteiger partial charge in [0.15, 0.2) is 5.65 Å². The molecule has 1 aliphatic heterocycles. The summed E-state index contributed by atoms with van der Waals surface area (Å²) in [4.78, 5) is 9.94. The van der Waals surface area contributed by atoms with E-state index in [1.165, 1.54) is 5.56 Å². The molecule has 8 nitrogen and oxygen atoms in total. The molecule has 1 aliphatic rings. The van der Waals surface area contributed by atoms with Crippen LogP contribution in [-0.4, -0.2) is 47.8 Å². The molecule has 1 saturated heterocycles. The number of benzene rings is 2. The predicted octanol–water partition coefficient (Wildman–Crippen LogP) is 5.45.